The van der Waals surface area contributed by atoms with E-state index in [1.807, 2.05) is 24.3 Å². The Morgan fingerprint density at radius 1 is 1.23 bits per heavy atom. The fourth-order valence-electron chi connectivity index (χ4n) is 3.77. The second-order valence-corrected chi connectivity index (χ2v) is 7.80. The SMILES string of the molecule is COC[C@@H]1C[C@@H]1CNc1ccc([C@@H](CC(=O)O)NC(=O)c2ncnc3[nH]ccc23)cc1. The molecule has 1 aromatic carbocycles. The van der Waals surface area contributed by atoms with Crippen molar-refractivity contribution >= 4 is 28.6 Å². The molecular formula is C22H25N5O4. The van der Waals surface area contributed by atoms with Crippen LogP contribution in [0.4, 0.5) is 5.69 Å². The Kier molecular flexibility index (Phi) is 6.13. The molecule has 31 heavy (non-hydrogen) atoms. The van der Waals surface area contributed by atoms with E-state index >= 15 is 0 Å². The zero-order valence-corrected chi connectivity index (χ0v) is 17.2. The standard InChI is InChI=1S/C22H25N5O4/c1-31-11-15-8-14(15)10-24-16-4-2-13(3-5-16)18(9-19(28)29)27-22(30)20-17-6-7-23-21(17)26-12-25-20/h2-7,12,14-15,18,24H,8-11H2,1H3,(H,27,30)(H,28,29)(H,23,25,26)/t14-,15+,18-/m1/s1. The van der Waals surface area contributed by atoms with Crippen molar-refractivity contribution in [3.63, 3.8) is 0 Å². The van der Waals surface area contributed by atoms with Crippen molar-refractivity contribution in [2.45, 2.75) is 18.9 Å². The quantitative estimate of drug-likeness (QED) is 0.394. The van der Waals surface area contributed by atoms with Crippen LogP contribution in [0, 0.1) is 11.8 Å². The van der Waals surface area contributed by atoms with E-state index in [1.54, 1.807) is 19.4 Å². The topological polar surface area (TPSA) is 129 Å². The first-order valence-corrected chi connectivity index (χ1v) is 10.2. The summed E-state index contributed by atoms with van der Waals surface area (Å²) in [5.41, 5.74) is 2.42. The van der Waals surface area contributed by atoms with Gasteiger partial charge in [0.1, 0.15) is 17.7 Å². The van der Waals surface area contributed by atoms with Crippen molar-refractivity contribution in [1.29, 1.82) is 0 Å². The van der Waals surface area contributed by atoms with Gasteiger partial charge in [0.25, 0.3) is 5.91 Å². The highest BCUT2D eigenvalue weighted by atomic mass is 16.5. The van der Waals surface area contributed by atoms with Crippen LogP contribution in [-0.4, -0.2) is 52.2 Å². The Morgan fingerprint density at radius 3 is 2.77 bits per heavy atom. The number of carboxylic acid groups (broad SMARTS) is 1. The van der Waals surface area contributed by atoms with Gasteiger partial charge in [-0.15, -0.1) is 0 Å². The molecule has 9 heteroatoms. The molecule has 4 rings (SSSR count). The fourth-order valence-corrected chi connectivity index (χ4v) is 3.77. The normalized spacial score (nSPS) is 18.5. The summed E-state index contributed by atoms with van der Waals surface area (Å²) in [6, 6.07) is 8.51. The summed E-state index contributed by atoms with van der Waals surface area (Å²) in [5.74, 6) is -0.199. The maximum Gasteiger partial charge on any atom is 0.305 e. The van der Waals surface area contributed by atoms with Crippen LogP contribution < -0.4 is 10.6 Å². The third kappa shape index (κ3) is 5.00. The van der Waals surface area contributed by atoms with E-state index in [2.05, 4.69) is 25.6 Å². The molecular weight excluding hydrogens is 398 g/mol. The molecule has 0 spiro atoms. The Morgan fingerprint density at radius 2 is 2.03 bits per heavy atom. The van der Waals surface area contributed by atoms with Gasteiger partial charge in [-0.3, -0.25) is 9.59 Å². The number of nitrogens with zero attached hydrogens (tertiary/aromatic N) is 2. The minimum atomic E-state index is -1.00. The highest BCUT2D eigenvalue weighted by Gasteiger charge is 2.36. The van der Waals surface area contributed by atoms with Gasteiger partial charge in [0.15, 0.2) is 0 Å². The third-order valence-electron chi connectivity index (χ3n) is 5.58. The van der Waals surface area contributed by atoms with Crippen LogP contribution in [-0.2, 0) is 9.53 Å². The number of benzene rings is 1. The number of hydrogen-bond acceptors (Lipinski definition) is 6. The van der Waals surface area contributed by atoms with Gasteiger partial charge >= 0.3 is 5.97 Å². The minimum Gasteiger partial charge on any atom is -0.481 e. The summed E-state index contributed by atoms with van der Waals surface area (Å²) < 4.78 is 5.18. The summed E-state index contributed by atoms with van der Waals surface area (Å²) in [6.45, 7) is 1.67. The monoisotopic (exact) mass is 423 g/mol. The number of H-pyrrole nitrogens is 1. The first-order valence-electron chi connectivity index (χ1n) is 10.2. The van der Waals surface area contributed by atoms with Crippen molar-refractivity contribution < 1.29 is 19.4 Å². The third-order valence-corrected chi connectivity index (χ3v) is 5.58. The van der Waals surface area contributed by atoms with Gasteiger partial charge in [-0.25, -0.2) is 9.97 Å². The van der Waals surface area contributed by atoms with E-state index in [9.17, 15) is 14.7 Å². The van der Waals surface area contributed by atoms with Gasteiger partial charge in [-0.05, 0) is 42.0 Å². The molecule has 9 nitrogen and oxygen atoms in total. The smallest absolute Gasteiger partial charge is 0.305 e. The molecule has 1 aliphatic rings. The van der Waals surface area contributed by atoms with Crippen molar-refractivity contribution in [2.24, 2.45) is 11.8 Å². The molecule has 2 heterocycles. The summed E-state index contributed by atoms with van der Waals surface area (Å²) in [5, 5.41) is 16.1. The first-order chi connectivity index (χ1) is 15.0. The second-order valence-electron chi connectivity index (χ2n) is 7.80. The zero-order valence-electron chi connectivity index (χ0n) is 17.2. The molecule has 2 aromatic heterocycles. The number of hydrogen-bond donors (Lipinski definition) is 4. The predicted molar refractivity (Wildman–Crippen MR) is 115 cm³/mol. The molecule has 1 amide bonds. The van der Waals surface area contributed by atoms with E-state index < -0.39 is 17.9 Å². The molecule has 4 N–H and O–H groups in total. The lowest BCUT2D eigenvalue weighted by Crippen LogP contribution is -2.31. The van der Waals surface area contributed by atoms with Crippen LogP contribution in [0.3, 0.4) is 0 Å². The van der Waals surface area contributed by atoms with Gasteiger partial charge in [-0.2, -0.15) is 0 Å². The lowest BCUT2D eigenvalue weighted by atomic mass is 10.0. The number of carboxylic acids is 1. The molecule has 0 aliphatic heterocycles. The molecule has 0 bridgehead atoms. The highest BCUT2D eigenvalue weighted by molar-refractivity contribution is 6.03. The predicted octanol–water partition coefficient (Wildman–Crippen LogP) is 2.60. The number of aromatic amines is 1. The van der Waals surface area contributed by atoms with E-state index in [-0.39, 0.29) is 12.1 Å². The van der Waals surface area contributed by atoms with E-state index in [0.29, 0.717) is 28.4 Å². The Bertz CT molecular complexity index is 1070. The first kappa shape index (κ1) is 20.8. The molecule has 0 unspecified atom stereocenters. The second kappa shape index (κ2) is 9.13. The molecule has 0 saturated heterocycles. The van der Waals surface area contributed by atoms with Gasteiger partial charge in [0.05, 0.1) is 17.8 Å². The van der Waals surface area contributed by atoms with Gasteiger partial charge in [0, 0.05) is 32.1 Å². The summed E-state index contributed by atoms with van der Waals surface area (Å²) >= 11 is 0. The highest BCUT2D eigenvalue weighted by Crippen LogP contribution is 2.38. The van der Waals surface area contributed by atoms with Crippen LogP contribution in [0.1, 0.15) is 34.9 Å². The molecule has 162 valence electrons. The maximum absolute atomic E-state index is 12.8. The summed E-state index contributed by atoms with van der Waals surface area (Å²) in [6.07, 6.45) is 3.91. The van der Waals surface area contributed by atoms with Crippen molar-refractivity contribution in [1.82, 2.24) is 20.3 Å². The number of carbonyl (C=O) groups excluding carboxylic acids is 1. The molecule has 1 aliphatic carbocycles. The molecule has 0 radical (unpaired) electrons. The van der Waals surface area contributed by atoms with E-state index in [4.69, 9.17) is 4.74 Å². The number of ether oxygens (including phenoxy) is 1. The average Bonchev–Trinajstić information content (AvgIpc) is 3.31. The number of methoxy groups -OCH3 is 1. The maximum atomic E-state index is 12.8. The number of aromatic nitrogens is 3. The van der Waals surface area contributed by atoms with Gasteiger partial charge in [0.2, 0.25) is 0 Å². The summed E-state index contributed by atoms with van der Waals surface area (Å²) in [7, 11) is 1.72. The van der Waals surface area contributed by atoms with Crippen LogP contribution in [0.2, 0.25) is 0 Å². The number of rotatable bonds is 10. The van der Waals surface area contributed by atoms with Crippen LogP contribution in [0.25, 0.3) is 11.0 Å². The zero-order chi connectivity index (χ0) is 21.8. The molecule has 1 fully saturated rings. The Hall–Kier alpha value is -3.46. The fraction of sp³-hybridized carbons (Fsp3) is 0.364. The molecule has 3 atom stereocenters. The van der Waals surface area contributed by atoms with Crippen LogP contribution in [0.15, 0.2) is 42.9 Å². The number of aliphatic carboxylic acids is 1. The number of carbonyl (C=O) groups is 2. The lowest BCUT2D eigenvalue weighted by Gasteiger charge is -2.18. The van der Waals surface area contributed by atoms with Crippen molar-refractivity contribution in [3.8, 4) is 0 Å². The minimum absolute atomic E-state index is 0.204. The number of nitrogens with one attached hydrogen (secondary N) is 3. The van der Waals surface area contributed by atoms with E-state index in [0.717, 1.165) is 18.8 Å². The largest absolute Gasteiger partial charge is 0.481 e. The number of anilines is 1. The van der Waals surface area contributed by atoms with Crippen LogP contribution in [0.5, 0.6) is 0 Å². The van der Waals surface area contributed by atoms with Gasteiger partial charge < -0.3 is 25.5 Å². The van der Waals surface area contributed by atoms with Crippen molar-refractivity contribution in [2.75, 3.05) is 25.6 Å². The summed E-state index contributed by atoms with van der Waals surface area (Å²) in [4.78, 5) is 35.3. The number of fused-ring (bicyclic) bond motifs is 1. The van der Waals surface area contributed by atoms with Gasteiger partial charge in [-0.1, -0.05) is 12.1 Å². The molecule has 3 aromatic rings. The number of amides is 1. The van der Waals surface area contributed by atoms with Crippen molar-refractivity contribution in [3.05, 3.63) is 54.1 Å². The van der Waals surface area contributed by atoms with E-state index in [1.165, 1.54) is 12.7 Å². The lowest BCUT2D eigenvalue weighted by molar-refractivity contribution is -0.137. The molecule has 1 saturated carbocycles. The Labute approximate surface area is 179 Å². The average molecular weight is 423 g/mol. The Balaban J connectivity index is 1.43. The van der Waals surface area contributed by atoms with Crippen LogP contribution >= 0.6 is 0 Å².